The van der Waals surface area contributed by atoms with Crippen LogP contribution in [-0.2, 0) is 4.79 Å². The van der Waals surface area contributed by atoms with Crippen LogP contribution in [0.4, 0.5) is 5.69 Å². The minimum atomic E-state index is -0.665. The molecule has 0 aromatic heterocycles. The Bertz CT molecular complexity index is 458. The largest absolute Gasteiger partial charge is 0.495 e. The van der Waals surface area contributed by atoms with Crippen LogP contribution in [0.15, 0.2) is 22.7 Å². The quantitative estimate of drug-likeness (QED) is 0.927. The number of halogens is 1. The molecule has 1 amide bonds. The average Bonchev–Trinajstić information content (AvgIpc) is 3.06. The third-order valence-electron chi connectivity index (χ3n) is 3.02. The summed E-state index contributed by atoms with van der Waals surface area (Å²) in [6, 6.07) is 5.54. The Kier molecular flexibility index (Phi) is 3.14. The number of carbonyl (C=O) groups excluding carboxylic acids is 1. The zero-order valence-corrected chi connectivity index (χ0v) is 11.5. The summed E-state index contributed by atoms with van der Waals surface area (Å²) in [6.07, 6.45) is 1.51. The highest BCUT2D eigenvalue weighted by atomic mass is 79.9. The van der Waals surface area contributed by atoms with E-state index >= 15 is 0 Å². The summed E-state index contributed by atoms with van der Waals surface area (Å²) in [7, 11) is 3.31. The van der Waals surface area contributed by atoms with E-state index in [1.54, 1.807) is 19.1 Å². The molecular formula is C12H15BrN2O2. The van der Waals surface area contributed by atoms with Gasteiger partial charge in [0.25, 0.3) is 0 Å². The van der Waals surface area contributed by atoms with Crippen LogP contribution in [0.25, 0.3) is 0 Å². The van der Waals surface area contributed by atoms with Gasteiger partial charge >= 0.3 is 0 Å². The number of benzene rings is 1. The standard InChI is InChI=1S/C12H15BrN2O2/c1-15(11(16)12(14)5-6-12)9-7-8(13)3-4-10(9)17-2/h3-4,7H,5-6,14H2,1-2H3. The molecule has 1 saturated carbocycles. The first-order chi connectivity index (χ1) is 7.98. The number of methoxy groups -OCH3 is 1. The second-order valence-corrected chi connectivity index (χ2v) is 5.25. The van der Waals surface area contributed by atoms with Gasteiger partial charge in [0.15, 0.2) is 0 Å². The van der Waals surface area contributed by atoms with Crippen LogP contribution in [0.1, 0.15) is 12.8 Å². The van der Waals surface area contributed by atoms with Crippen molar-refractivity contribution in [2.24, 2.45) is 5.73 Å². The minimum absolute atomic E-state index is 0.0612. The van der Waals surface area contributed by atoms with E-state index in [4.69, 9.17) is 10.5 Å². The van der Waals surface area contributed by atoms with Crippen LogP contribution < -0.4 is 15.4 Å². The number of nitrogens with two attached hydrogens (primary N) is 1. The van der Waals surface area contributed by atoms with Gasteiger partial charge in [0.1, 0.15) is 5.75 Å². The Morgan fingerprint density at radius 3 is 2.71 bits per heavy atom. The van der Waals surface area contributed by atoms with E-state index in [2.05, 4.69) is 15.9 Å². The number of carbonyl (C=O) groups is 1. The predicted molar refractivity (Wildman–Crippen MR) is 70.3 cm³/mol. The van der Waals surface area contributed by atoms with Gasteiger partial charge in [0, 0.05) is 11.5 Å². The summed E-state index contributed by atoms with van der Waals surface area (Å²) in [6.45, 7) is 0. The lowest BCUT2D eigenvalue weighted by Crippen LogP contribution is -2.44. The van der Waals surface area contributed by atoms with Crippen molar-refractivity contribution in [3.63, 3.8) is 0 Å². The molecule has 1 aliphatic rings. The molecule has 0 aliphatic heterocycles. The van der Waals surface area contributed by atoms with E-state index in [1.165, 1.54) is 0 Å². The Hall–Kier alpha value is -1.07. The first-order valence-electron chi connectivity index (χ1n) is 5.38. The van der Waals surface area contributed by atoms with Crippen LogP contribution in [-0.4, -0.2) is 25.6 Å². The third-order valence-corrected chi connectivity index (χ3v) is 3.51. The van der Waals surface area contributed by atoms with Crippen LogP contribution in [0, 0.1) is 0 Å². The lowest BCUT2D eigenvalue weighted by molar-refractivity contribution is -0.120. The molecule has 0 bridgehead atoms. The maximum Gasteiger partial charge on any atom is 0.246 e. The van der Waals surface area contributed by atoms with Crippen LogP contribution in [0.3, 0.4) is 0 Å². The summed E-state index contributed by atoms with van der Waals surface area (Å²) in [4.78, 5) is 13.7. The van der Waals surface area contributed by atoms with E-state index < -0.39 is 5.54 Å². The highest BCUT2D eigenvalue weighted by molar-refractivity contribution is 9.10. The fourth-order valence-corrected chi connectivity index (χ4v) is 2.07. The van der Waals surface area contributed by atoms with E-state index in [0.29, 0.717) is 5.75 Å². The third kappa shape index (κ3) is 2.30. The van der Waals surface area contributed by atoms with E-state index in [9.17, 15) is 4.79 Å². The second kappa shape index (κ2) is 4.31. The topological polar surface area (TPSA) is 55.6 Å². The fourth-order valence-electron chi connectivity index (χ4n) is 1.72. The van der Waals surface area contributed by atoms with Crippen molar-refractivity contribution < 1.29 is 9.53 Å². The van der Waals surface area contributed by atoms with Crippen LogP contribution in [0.5, 0.6) is 5.75 Å². The number of amides is 1. The molecule has 2 rings (SSSR count). The molecule has 4 nitrogen and oxygen atoms in total. The van der Waals surface area contributed by atoms with Gasteiger partial charge in [-0.05, 0) is 31.0 Å². The number of ether oxygens (including phenoxy) is 1. The van der Waals surface area contributed by atoms with Gasteiger partial charge in [-0.3, -0.25) is 4.79 Å². The van der Waals surface area contributed by atoms with Gasteiger partial charge in [-0.25, -0.2) is 0 Å². The molecule has 92 valence electrons. The molecule has 0 saturated heterocycles. The van der Waals surface area contributed by atoms with Gasteiger partial charge in [-0.1, -0.05) is 15.9 Å². The van der Waals surface area contributed by atoms with E-state index in [-0.39, 0.29) is 5.91 Å². The molecule has 0 heterocycles. The molecule has 1 aromatic rings. The highest BCUT2D eigenvalue weighted by Gasteiger charge is 2.48. The van der Waals surface area contributed by atoms with Crippen molar-refractivity contribution in [1.82, 2.24) is 0 Å². The number of likely N-dealkylation sites (N-methyl/N-ethyl adjacent to an activating group) is 1. The average molecular weight is 299 g/mol. The lowest BCUT2D eigenvalue weighted by Gasteiger charge is -2.23. The molecule has 0 radical (unpaired) electrons. The molecule has 5 heteroatoms. The van der Waals surface area contributed by atoms with Crippen molar-refractivity contribution in [1.29, 1.82) is 0 Å². The normalized spacial score (nSPS) is 16.5. The Morgan fingerprint density at radius 1 is 1.53 bits per heavy atom. The Morgan fingerprint density at radius 2 is 2.18 bits per heavy atom. The van der Waals surface area contributed by atoms with Gasteiger partial charge in [0.05, 0.1) is 18.3 Å². The molecular weight excluding hydrogens is 284 g/mol. The van der Waals surface area contributed by atoms with Crippen molar-refractivity contribution in [3.05, 3.63) is 22.7 Å². The van der Waals surface area contributed by atoms with Gasteiger partial charge in [0.2, 0.25) is 5.91 Å². The summed E-state index contributed by atoms with van der Waals surface area (Å²) >= 11 is 3.38. The second-order valence-electron chi connectivity index (χ2n) is 4.34. The van der Waals surface area contributed by atoms with Crippen LogP contribution >= 0.6 is 15.9 Å². The van der Waals surface area contributed by atoms with Gasteiger partial charge in [-0.2, -0.15) is 0 Å². The van der Waals surface area contributed by atoms with Crippen LogP contribution in [0.2, 0.25) is 0 Å². The summed E-state index contributed by atoms with van der Waals surface area (Å²) in [5.74, 6) is 0.599. The van der Waals surface area contributed by atoms with E-state index in [1.807, 2.05) is 18.2 Å². The minimum Gasteiger partial charge on any atom is -0.495 e. The zero-order chi connectivity index (χ0) is 12.6. The van der Waals surface area contributed by atoms with Gasteiger partial charge in [-0.15, -0.1) is 0 Å². The molecule has 17 heavy (non-hydrogen) atoms. The molecule has 0 spiro atoms. The molecule has 1 aliphatic carbocycles. The summed E-state index contributed by atoms with van der Waals surface area (Å²) in [5, 5.41) is 0. The van der Waals surface area contributed by atoms with Crippen molar-refractivity contribution in [3.8, 4) is 5.75 Å². The molecule has 1 fully saturated rings. The first-order valence-corrected chi connectivity index (χ1v) is 6.18. The van der Waals surface area contributed by atoms with Crippen molar-refractivity contribution in [2.45, 2.75) is 18.4 Å². The maximum absolute atomic E-state index is 12.1. The maximum atomic E-state index is 12.1. The Labute approximate surface area is 109 Å². The van der Waals surface area contributed by atoms with Crippen molar-refractivity contribution >= 4 is 27.5 Å². The van der Waals surface area contributed by atoms with E-state index in [0.717, 1.165) is 23.0 Å². The number of nitrogens with zero attached hydrogens (tertiary/aromatic N) is 1. The Balaban J connectivity index is 2.32. The molecule has 0 atom stereocenters. The zero-order valence-electron chi connectivity index (χ0n) is 9.87. The summed E-state index contributed by atoms with van der Waals surface area (Å²) in [5.41, 5.74) is 5.98. The first kappa shape index (κ1) is 12.4. The SMILES string of the molecule is COc1ccc(Br)cc1N(C)C(=O)C1(N)CC1. The van der Waals surface area contributed by atoms with Crippen molar-refractivity contribution in [2.75, 3.05) is 19.1 Å². The number of rotatable bonds is 3. The smallest absolute Gasteiger partial charge is 0.246 e. The lowest BCUT2D eigenvalue weighted by atomic mass is 10.2. The number of hydrogen-bond acceptors (Lipinski definition) is 3. The summed E-state index contributed by atoms with van der Waals surface area (Å²) < 4.78 is 6.15. The molecule has 1 aromatic carbocycles. The molecule has 0 unspecified atom stereocenters. The monoisotopic (exact) mass is 298 g/mol. The number of anilines is 1. The molecule has 2 N–H and O–H groups in total. The van der Waals surface area contributed by atoms with Gasteiger partial charge < -0.3 is 15.4 Å². The highest BCUT2D eigenvalue weighted by Crippen LogP contribution is 2.38. The predicted octanol–water partition coefficient (Wildman–Crippen LogP) is 1.91. The fraction of sp³-hybridized carbons (Fsp3) is 0.417. The number of hydrogen-bond donors (Lipinski definition) is 1.